The van der Waals surface area contributed by atoms with Gasteiger partial charge in [0.2, 0.25) is 0 Å². The van der Waals surface area contributed by atoms with Crippen molar-refractivity contribution < 1.29 is 13.9 Å². The molecule has 6 nitrogen and oxygen atoms in total. The fraction of sp³-hybridized carbons (Fsp3) is 0.923. The molecule has 0 saturated carbocycles. The lowest BCUT2D eigenvalue weighted by Crippen LogP contribution is -2.61. The van der Waals surface area contributed by atoms with Crippen molar-refractivity contribution in [1.82, 2.24) is 4.90 Å². The third-order valence-corrected chi connectivity index (χ3v) is 3.84. The summed E-state index contributed by atoms with van der Waals surface area (Å²) in [5.41, 5.74) is 7.92. The standard InChI is InChI=1S/C13H21FN4O2/c1-13(2,3)20-12(19)18-8-5-4-6-10(18)11(14)9(7-8)16-17-15/h8-11H,4-7H2,1-3H3/t8-,9+,10+,11+/m0/s1. The lowest BCUT2D eigenvalue weighted by Gasteiger charge is -2.49. The molecule has 2 aliphatic heterocycles. The van der Waals surface area contributed by atoms with Crippen LogP contribution in [0.2, 0.25) is 0 Å². The summed E-state index contributed by atoms with van der Waals surface area (Å²) in [6.07, 6.45) is 0.886. The highest BCUT2D eigenvalue weighted by atomic mass is 19.1. The van der Waals surface area contributed by atoms with E-state index >= 15 is 0 Å². The molecule has 0 radical (unpaired) electrons. The number of piperidine rings is 2. The van der Waals surface area contributed by atoms with Crippen molar-refractivity contribution >= 4 is 6.09 Å². The molecule has 0 unspecified atom stereocenters. The molecule has 2 saturated heterocycles. The number of carbonyl (C=O) groups excluding carboxylic acids is 1. The summed E-state index contributed by atoms with van der Waals surface area (Å²) in [7, 11) is 0. The van der Waals surface area contributed by atoms with E-state index in [9.17, 15) is 9.18 Å². The Hall–Kier alpha value is -1.49. The fourth-order valence-corrected chi connectivity index (χ4v) is 3.10. The first-order valence-electron chi connectivity index (χ1n) is 7.03. The van der Waals surface area contributed by atoms with Gasteiger partial charge in [0.05, 0.1) is 12.1 Å². The number of ether oxygens (including phenoxy) is 1. The van der Waals surface area contributed by atoms with Crippen molar-refractivity contribution in [2.45, 2.75) is 76.4 Å². The van der Waals surface area contributed by atoms with E-state index in [1.807, 2.05) is 0 Å². The van der Waals surface area contributed by atoms with Crippen molar-refractivity contribution in [2.24, 2.45) is 5.11 Å². The van der Waals surface area contributed by atoms with E-state index < -0.39 is 29.9 Å². The molecule has 0 aromatic carbocycles. The molecule has 2 aliphatic rings. The van der Waals surface area contributed by atoms with E-state index in [1.54, 1.807) is 20.8 Å². The second-order valence-electron chi connectivity index (χ2n) is 6.49. The van der Waals surface area contributed by atoms with E-state index in [1.165, 1.54) is 4.90 Å². The number of carbonyl (C=O) groups is 1. The first kappa shape index (κ1) is 14.9. The predicted octanol–water partition coefficient (Wildman–Crippen LogP) is 3.57. The second kappa shape index (κ2) is 5.48. The minimum absolute atomic E-state index is 0.0916. The van der Waals surface area contributed by atoms with Crippen LogP contribution in [0.4, 0.5) is 9.18 Å². The van der Waals surface area contributed by atoms with Crippen molar-refractivity contribution in [2.75, 3.05) is 0 Å². The van der Waals surface area contributed by atoms with Crippen LogP contribution in [0, 0.1) is 0 Å². The molecular formula is C13H21FN4O2. The third kappa shape index (κ3) is 2.98. The normalized spacial score (nSPS) is 33.3. The highest BCUT2D eigenvalue weighted by Gasteiger charge is 2.48. The molecule has 112 valence electrons. The van der Waals surface area contributed by atoms with Gasteiger partial charge in [-0.05, 0) is 52.0 Å². The first-order chi connectivity index (χ1) is 9.33. The monoisotopic (exact) mass is 284 g/mol. The summed E-state index contributed by atoms with van der Waals surface area (Å²) < 4.78 is 19.8. The smallest absolute Gasteiger partial charge is 0.410 e. The Kier molecular flexibility index (Phi) is 4.09. The molecule has 20 heavy (non-hydrogen) atoms. The van der Waals surface area contributed by atoms with Gasteiger partial charge in [0.1, 0.15) is 11.8 Å². The molecule has 2 heterocycles. The van der Waals surface area contributed by atoms with Crippen LogP contribution in [0.5, 0.6) is 0 Å². The SMILES string of the molecule is CC(C)(C)OC(=O)N1[C@H]2CCC[C@@H]1[C@H](F)[C@H](N=[N+]=[N-])C2. The Morgan fingerprint density at radius 1 is 1.45 bits per heavy atom. The highest BCUT2D eigenvalue weighted by molar-refractivity contribution is 5.69. The van der Waals surface area contributed by atoms with Gasteiger partial charge in [-0.1, -0.05) is 5.11 Å². The Balaban J connectivity index is 2.18. The summed E-state index contributed by atoms with van der Waals surface area (Å²) in [5, 5.41) is 3.54. The molecule has 0 aromatic heterocycles. The number of alkyl halides is 1. The van der Waals surface area contributed by atoms with Gasteiger partial charge in [0.15, 0.2) is 0 Å². The number of halogens is 1. The van der Waals surface area contributed by atoms with Gasteiger partial charge < -0.3 is 4.74 Å². The minimum Gasteiger partial charge on any atom is -0.444 e. The molecule has 1 amide bonds. The van der Waals surface area contributed by atoms with E-state index in [2.05, 4.69) is 10.0 Å². The maximum Gasteiger partial charge on any atom is 0.410 e. The van der Waals surface area contributed by atoms with Gasteiger partial charge in [-0.3, -0.25) is 4.90 Å². The van der Waals surface area contributed by atoms with Crippen LogP contribution in [-0.4, -0.2) is 40.9 Å². The third-order valence-electron chi connectivity index (χ3n) is 3.84. The number of hydrogen-bond acceptors (Lipinski definition) is 3. The largest absolute Gasteiger partial charge is 0.444 e. The molecule has 0 aliphatic carbocycles. The molecule has 2 rings (SSSR count). The molecular weight excluding hydrogens is 263 g/mol. The zero-order valence-electron chi connectivity index (χ0n) is 12.1. The van der Waals surface area contributed by atoms with Crippen LogP contribution in [0.15, 0.2) is 5.11 Å². The summed E-state index contributed by atoms with van der Waals surface area (Å²) in [5.74, 6) is 0. The maximum atomic E-state index is 14.4. The van der Waals surface area contributed by atoms with Crippen molar-refractivity contribution in [3.63, 3.8) is 0 Å². The fourth-order valence-electron chi connectivity index (χ4n) is 3.10. The van der Waals surface area contributed by atoms with Crippen LogP contribution in [-0.2, 0) is 4.74 Å². The van der Waals surface area contributed by atoms with Gasteiger partial charge in [0, 0.05) is 11.0 Å². The molecule has 7 heteroatoms. The molecule has 2 bridgehead atoms. The molecule has 4 atom stereocenters. The molecule has 0 aromatic rings. The van der Waals surface area contributed by atoms with Gasteiger partial charge in [-0.25, -0.2) is 9.18 Å². The maximum absolute atomic E-state index is 14.4. The number of nitrogens with zero attached hydrogens (tertiary/aromatic N) is 4. The Morgan fingerprint density at radius 2 is 2.15 bits per heavy atom. The Labute approximate surface area is 117 Å². The summed E-state index contributed by atoms with van der Waals surface area (Å²) >= 11 is 0. The molecule has 0 spiro atoms. The van der Waals surface area contributed by atoms with Crippen LogP contribution in [0.25, 0.3) is 10.4 Å². The van der Waals surface area contributed by atoms with Crippen LogP contribution in [0.1, 0.15) is 46.5 Å². The van der Waals surface area contributed by atoms with E-state index in [0.717, 1.165) is 12.8 Å². The van der Waals surface area contributed by atoms with Crippen molar-refractivity contribution in [3.8, 4) is 0 Å². The number of azide groups is 1. The zero-order valence-corrected chi connectivity index (χ0v) is 12.1. The van der Waals surface area contributed by atoms with Gasteiger partial charge >= 0.3 is 6.09 Å². The second-order valence-corrected chi connectivity index (χ2v) is 6.49. The van der Waals surface area contributed by atoms with Crippen molar-refractivity contribution in [1.29, 1.82) is 0 Å². The van der Waals surface area contributed by atoms with Crippen LogP contribution in [0.3, 0.4) is 0 Å². The molecule has 0 N–H and O–H groups in total. The van der Waals surface area contributed by atoms with E-state index in [0.29, 0.717) is 12.8 Å². The predicted molar refractivity (Wildman–Crippen MR) is 71.9 cm³/mol. The van der Waals surface area contributed by atoms with Gasteiger partial charge in [-0.2, -0.15) is 0 Å². The van der Waals surface area contributed by atoms with E-state index in [4.69, 9.17) is 10.3 Å². The van der Waals surface area contributed by atoms with Gasteiger partial charge in [-0.15, -0.1) is 0 Å². The number of hydrogen-bond donors (Lipinski definition) is 0. The zero-order chi connectivity index (χ0) is 14.9. The van der Waals surface area contributed by atoms with Gasteiger partial charge in [0.25, 0.3) is 0 Å². The van der Waals surface area contributed by atoms with Crippen LogP contribution >= 0.6 is 0 Å². The minimum atomic E-state index is -1.31. The number of fused-ring (bicyclic) bond motifs is 2. The first-order valence-corrected chi connectivity index (χ1v) is 7.03. The molecule has 2 fully saturated rings. The lowest BCUT2D eigenvalue weighted by atomic mass is 9.81. The quantitative estimate of drug-likeness (QED) is 0.419. The Bertz CT molecular complexity index is 431. The Morgan fingerprint density at radius 3 is 2.75 bits per heavy atom. The lowest BCUT2D eigenvalue weighted by molar-refractivity contribution is -0.0461. The summed E-state index contributed by atoms with van der Waals surface area (Å²) in [4.78, 5) is 16.5. The highest BCUT2D eigenvalue weighted by Crippen LogP contribution is 2.38. The topological polar surface area (TPSA) is 78.3 Å². The summed E-state index contributed by atoms with van der Waals surface area (Å²) in [6.45, 7) is 5.38. The summed E-state index contributed by atoms with van der Waals surface area (Å²) in [6, 6.07) is -1.30. The van der Waals surface area contributed by atoms with E-state index in [-0.39, 0.29) is 6.04 Å². The average molecular weight is 284 g/mol. The number of rotatable bonds is 1. The average Bonchev–Trinajstić information content (AvgIpc) is 2.33. The van der Waals surface area contributed by atoms with Crippen molar-refractivity contribution in [3.05, 3.63) is 10.4 Å². The van der Waals surface area contributed by atoms with Crippen LogP contribution < -0.4 is 0 Å². The number of amides is 1.